The van der Waals surface area contributed by atoms with Gasteiger partial charge in [-0.15, -0.1) is 0 Å². The maximum Gasteiger partial charge on any atom is 0.253 e. The highest BCUT2D eigenvalue weighted by Crippen LogP contribution is 2.21. The highest BCUT2D eigenvalue weighted by atomic mass is 35.5. The predicted octanol–water partition coefficient (Wildman–Crippen LogP) is 3.01. The maximum absolute atomic E-state index is 12.9. The van der Waals surface area contributed by atoms with Crippen molar-refractivity contribution in [1.82, 2.24) is 15.1 Å². The molecule has 1 aliphatic heterocycles. The predicted molar refractivity (Wildman–Crippen MR) is 109 cm³/mol. The van der Waals surface area contributed by atoms with Gasteiger partial charge in [0.05, 0.1) is 10.6 Å². The molecule has 0 spiro atoms. The molecule has 2 rings (SSSR count). The van der Waals surface area contributed by atoms with Gasteiger partial charge in [0, 0.05) is 31.2 Å². The number of nitrogens with zero attached hydrogens (tertiary/aromatic N) is 2. The van der Waals surface area contributed by atoms with E-state index in [-0.39, 0.29) is 16.8 Å². The zero-order chi connectivity index (χ0) is 19.1. The molecule has 1 aromatic carbocycles. The fourth-order valence-electron chi connectivity index (χ4n) is 2.91. The van der Waals surface area contributed by atoms with Crippen LogP contribution in [0.5, 0.6) is 0 Å². The van der Waals surface area contributed by atoms with Crippen LogP contribution in [-0.2, 0) is 4.79 Å². The number of piperazine rings is 1. The minimum absolute atomic E-state index is 0.0201. The van der Waals surface area contributed by atoms with Crippen LogP contribution in [0.3, 0.4) is 0 Å². The van der Waals surface area contributed by atoms with Crippen molar-refractivity contribution in [1.29, 1.82) is 0 Å². The van der Waals surface area contributed by atoms with Crippen LogP contribution in [0.2, 0.25) is 10.0 Å². The molecule has 144 valence electrons. The summed E-state index contributed by atoms with van der Waals surface area (Å²) < 4.78 is 0. The number of benzene rings is 1. The fourth-order valence-corrected chi connectivity index (χ4v) is 3.87. The van der Waals surface area contributed by atoms with E-state index in [0.29, 0.717) is 30.1 Å². The van der Waals surface area contributed by atoms with Gasteiger partial charge in [0.15, 0.2) is 0 Å². The molecule has 1 fully saturated rings. The smallest absolute Gasteiger partial charge is 0.253 e. The van der Waals surface area contributed by atoms with Gasteiger partial charge in [-0.2, -0.15) is 11.8 Å². The lowest BCUT2D eigenvalue weighted by Gasteiger charge is -2.36. The highest BCUT2D eigenvalue weighted by Gasteiger charge is 2.28. The number of carbonyl (C=O) groups is 2. The zero-order valence-corrected chi connectivity index (χ0v) is 17.5. The highest BCUT2D eigenvalue weighted by molar-refractivity contribution is 7.98. The monoisotopic (exact) mass is 417 g/mol. The maximum atomic E-state index is 12.9. The van der Waals surface area contributed by atoms with Crippen LogP contribution >= 0.6 is 35.0 Å². The summed E-state index contributed by atoms with van der Waals surface area (Å²) in [4.78, 5) is 29.7. The van der Waals surface area contributed by atoms with Crippen LogP contribution in [0.4, 0.5) is 0 Å². The molecule has 2 amide bonds. The number of amides is 2. The number of nitrogens with one attached hydrogen (secondary N) is 1. The third-order valence-corrected chi connectivity index (χ3v) is 5.71. The van der Waals surface area contributed by atoms with Gasteiger partial charge in [-0.25, -0.2) is 0 Å². The molecule has 5 nitrogen and oxygen atoms in total. The number of hydrogen-bond acceptors (Lipinski definition) is 4. The number of hydrogen-bond donors (Lipinski definition) is 1. The number of rotatable bonds is 7. The summed E-state index contributed by atoms with van der Waals surface area (Å²) in [6, 6.07) is 4.18. The van der Waals surface area contributed by atoms with E-state index >= 15 is 0 Å². The average Bonchev–Trinajstić information content (AvgIpc) is 2.64. The van der Waals surface area contributed by atoms with Crippen LogP contribution < -0.4 is 5.32 Å². The first kappa shape index (κ1) is 21.4. The van der Waals surface area contributed by atoms with Crippen molar-refractivity contribution in [2.45, 2.75) is 19.4 Å². The molecular formula is C18H25Cl2N3O2S. The standard InChI is InChI=1S/C18H25Cl2N3O2S/c1-3-22-7-9-23(10-8-22)18(25)16(6-11-26-2)21-17(24)14-5-4-13(19)12-15(14)20/h4-5,12,16H,3,6-11H2,1-2H3,(H,21,24). The van der Waals surface area contributed by atoms with Gasteiger partial charge in [0.1, 0.15) is 6.04 Å². The first-order valence-electron chi connectivity index (χ1n) is 8.72. The second kappa shape index (κ2) is 10.4. The summed E-state index contributed by atoms with van der Waals surface area (Å²) in [5.74, 6) is 0.423. The molecule has 1 N–H and O–H groups in total. The van der Waals surface area contributed by atoms with Crippen LogP contribution in [0.1, 0.15) is 23.7 Å². The third-order valence-electron chi connectivity index (χ3n) is 4.52. The molecule has 26 heavy (non-hydrogen) atoms. The molecular weight excluding hydrogens is 393 g/mol. The van der Waals surface area contributed by atoms with Gasteiger partial charge in [-0.3, -0.25) is 9.59 Å². The van der Waals surface area contributed by atoms with E-state index < -0.39 is 6.04 Å². The van der Waals surface area contributed by atoms with Gasteiger partial charge in [-0.05, 0) is 43.2 Å². The lowest BCUT2D eigenvalue weighted by molar-refractivity contribution is -0.135. The van der Waals surface area contributed by atoms with Crippen LogP contribution in [0.15, 0.2) is 18.2 Å². The Hall–Kier alpha value is -0.950. The molecule has 1 saturated heterocycles. The third kappa shape index (κ3) is 5.78. The summed E-state index contributed by atoms with van der Waals surface area (Å²) in [5.41, 5.74) is 0.328. The molecule has 0 aliphatic carbocycles. The molecule has 1 heterocycles. The van der Waals surface area contributed by atoms with Crippen LogP contribution in [-0.4, -0.2) is 72.4 Å². The van der Waals surface area contributed by atoms with Gasteiger partial charge in [-0.1, -0.05) is 30.1 Å². The average molecular weight is 418 g/mol. The molecule has 1 unspecified atom stereocenters. The zero-order valence-electron chi connectivity index (χ0n) is 15.1. The summed E-state index contributed by atoms with van der Waals surface area (Å²) in [7, 11) is 0. The quantitative estimate of drug-likeness (QED) is 0.740. The van der Waals surface area contributed by atoms with E-state index in [1.165, 1.54) is 6.07 Å². The van der Waals surface area contributed by atoms with Crippen molar-refractivity contribution >= 4 is 46.8 Å². The summed E-state index contributed by atoms with van der Waals surface area (Å²) in [6.07, 6.45) is 2.57. The Morgan fingerprint density at radius 3 is 2.50 bits per heavy atom. The molecule has 1 aromatic rings. The SMILES string of the molecule is CCN1CCN(C(=O)C(CCSC)NC(=O)c2ccc(Cl)cc2Cl)CC1. The number of carbonyl (C=O) groups excluding carboxylic acids is 2. The van der Waals surface area contributed by atoms with E-state index in [1.54, 1.807) is 23.9 Å². The molecule has 0 aromatic heterocycles. The molecule has 8 heteroatoms. The molecule has 1 aliphatic rings. The fraction of sp³-hybridized carbons (Fsp3) is 0.556. The van der Waals surface area contributed by atoms with Gasteiger partial charge in [0.25, 0.3) is 5.91 Å². The van der Waals surface area contributed by atoms with Crippen molar-refractivity contribution in [3.05, 3.63) is 33.8 Å². The van der Waals surface area contributed by atoms with Crippen LogP contribution in [0, 0.1) is 0 Å². The largest absolute Gasteiger partial charge is 0.340 e. The second-order valence-electron chi connectivity index (χ2n) is 6.19. The lowest BCUT2D eigenvalue weighted by atomic mass is 10.1. The Kier molecular flexibility index (Phi) is 8.54. The van der Waals surface area contributed by atoms with Gasteiger partial charge in [0.2, 0.25) is 5.91 Å². The van der Waals surface area contributed by atoms with Crippen molar-refractivity contribution < 1.29 is 9.59 Å². The Morgan fingerprint density at radius 1 is 1.23 bits per heavy atom. The molecule has 0 saturated carbocycles. The topological polar surface area (TPSA) is 52.6 Å². The van der Waals surface area contributed by atoms with Crippen LogP contribution in [0.25, 0.3) is 0 Å². The minimum Gasteiger partial charge on any atom is -0.340 e. The van der Waals surface area contributed by atoms with Crippen molar-refractivity contribution in [3.63, 3.8) is 0 Å². The van der Waals surface area contributed by atoms with Gasteiger partial charge < -0.3 is 15.1 Å². The lowest BCUT2D eigenvalue weighted by Crippen LogP contribution is -2.55. The molecule has 0 radical (unpaired) electrons. The Morgan fingerprint density at radius 2 is 1.92 bits per heavy atom. The van der Waals surface area contributed by atoms with E-state index in [9.17, 15) is 9.59 Å². The molecule has 0 bridgehead atoms. The molecule has 1 atom stereocenters. The second-order valence-corrected chi connectivity index (χ2v) is 8.02. The Bertz CT molecular complexity index is 637. The van der Waals surface area contributed by atoms with E-state index in [2.05, 4.69) is 17.1 Å². The van der Waals surface area contributed by atoms with E-state index in [0.717, 1.165) is 25.4 Å². The van der Waals surface area contributed by atoms with E-state index in [4.69, 9.17) is 23.2 Å². The first-order valence-corrected chi connectivity index (χ1v) is 10.9. The number of likely N-dealkylation sites (N-methyl/N-ethyl adjacent to an activating group) is 1. The van der Waals surface area contributed by atoms with Crippen molar-refractivity contribution in [2.24, 2.45) is 0 Å². The Labute approximate surface area is 169 Å². The van der Waals surface area contributed by atoms with Crippen molar-refractivity contribution in [3.8, 4) is 0 Å². The first-order chi connectivity index (χ1) is 12.5. The normalized spacial score (nSPS) is 16.4. The van der Waals surface area contributed by atoms with Gasteiger partial charge >= 0.3 is 0 Å². The van der Waals surface area contributed by atoms with Crippen molar-refractivity contribution in [2.75, 3.05) is 44.7 Å². The summed E-state index contributed by atoms with van der Waals surface area (Å²) >= 11 is 13.7. The number of thioether (sulfide) groups is 1. The Balaban J connectivity index is 2.06. The number of halogens is 2. The van der Waals surface area contributed by atoms with E-state index in [1.807, 2.05) is 11.2 Å². The summed E-state index contributed by atoms with van der Waals surface area (Å²) in [6.45, 7) is 6.24. The summed E-state index contributed by atoms with van der Waals surface area (Å²) in [5, 5.41) is 3.61. The minimum atomic E-state index is -0.546.